The van der Waals surface area contributed by atoms with Gasteiger partial charge in [0.2, 0.25) is 12.7 Å². The van der Waals surface area contributed by atoms with Crippen molar-refractivity contribution in [3.8, 4) is 11.5 Å². The first-order valence-corrected chi connectivity index (χ1v) is 7.68. The standard InChI is InChI=1S/C13H10ClN3O5S/c14-7-1-6(2-8-11(7)22-5-21-8)4-15-17-13-16-12(20)9(23-13)3-10(18)19/h1-2,4,9H,3,5H2,(H,18,19)(H,16,17,20). The molecule has 1 aromatic rings. The SMILES string of the molecule is O=C(O)CC1SC(=NN=Cc2cc(Cl)c3c(c2)OCO3)NC1=O. The fourth-order valence-corrected chi connectivity index (χ4v) is 3.14. The van der Waals surface area contributed by atoms with Gasteiger partial charge in [0.15, 0.2) is 16.7 Å². The number of thioether (sulfide) groups is 1. The van der Waals surface area contributed by atoms with Crippen LogP contribution in [0.3, 0.4) is 0 Å². The maximum Gasteiger partial charge on any atom is 0.305 e. The molecule has 8 nitrogen and oxygen atoms in total. The molecule has 0 saturated carbocycles. The van der Waals surface area contributed by atoms with Crippen molar-refractivity contribution in [2.24, 2.45) is 10.2 Å². The summed E-state index contributed by atoms with van der Waals surface area (Å²) in [5.41, 5.74) is 0.653. The van der Waals surface area contributed by atoms with Gasteiger partial charge in [-0.1, -0.05) is 23.4 Å². The van der Waals surface area contributed by atoms with Crippen LogP contribution in [0.25, 0.3) is 0 Å². The van der Waals surface area contributed by atoms with Crippen molar-refractivity contribution in [3.05, 3.63) is 22.7 Å². The molecule has 23 heavy (non-hydrogen) atoms. The summed E-state index contributed by atoms with van der Waals surface area (Å²) in [4.78, 5) is 22.2. The van der Waals surface area contributed by atoms with E-state index in [1.54, 1.807) is 12.1 Å². The molecule has 1 atom stereocenters. The van der Waals surface area contributed by atoms with Gasteiger partial charge in [0.1, 0.15) is 5.25 Å². The number of aliphatic carboxylic acids is 1. The number of hydrogen-bond donors (Lipinski definition) is 2. The predicted octanol–water partition coefficient (Wildman–Crippen LogP) is 1.46. The minimum Gasteiger partial charge on any atom is -0.481 e. The molecule has 0 radical (unpaired) electrons. The van der Waals surface area contributed by atoms with Crippen LogP contribution in [0.5, 0.6) is 11.5 Å². The number of carboxylic acid groups (broad SMARTS) is 1. The number of carbonyl (C=O) groups is 2. The Balaban J connectivity index is 1.68. The number of nitrogens with zero attached hydrogens (tertiary/aromatic N) is 2. The molecule has 1 saturated heterocycles. The monoisotopic (exact) mass is 355 g/mol. The lowest BCUT2D eigenvalue weighted by Gasteiger charge is -2.00. The molecule has 2 N–H and O–H groups in total. The second-order valence-electron chi connectivity index (χ2n) is 4.58. The third-order valence-electron chi connectivity index (χ3n) is 2.94. The summed E-state index contributed by atoms with van der Waals surface area (Å²) in [7, 11) is 0. The molecular weight excluding hydrogens is 346 g/mol. The number of halogens is 1. The fourth-order valence-electron chi connectivity index (χ4n) is 1.95. The molecule has 1 fully saturated rings. The molecule has 0 aliphatic carbocycles. The zero-order valence-electron chi connectivity index (χ0n) is 11.5. The first-order chi connectivity index (χ1) is 11.0. The van der Waals surface area contributed by atoms with Gasteiger partial charge in [0.25, 0.3) is 0 Å². The van der Waals surface area contributed by atoms with Gasteiger partial charge in [-0.2, -0.15) is 5.10 Å². The molecule has 10 heteroatoms. The van der Waals surface area contributed by atoms with Gasteiger partial charge >= 0.3 is 5.97 Å². The number of ether oxygens (including phenoxy) is 2. The molecule has 1 unspecified atom stereocenters. The molecule has 2 aliphatic heterocycles. The lowest BCUT2D eigenvalue weighted by Crippen LogP contribution is -2.26. The Hall–Kier alpha value is -2.26. The van der Waals surface area contributed by atoms with Crippen molar-refractivity contribution in [3.63, 3.8) is 0 Å². The molecule has 1 amide bonds. The van der Waals surface area contributed by atoms with Gasteiger partial charge in [-0.3, -0.25) is 9.59 Å². The number of carboxylic acids is 1. The van der Waals surface area contributed by atoms with Gasteiger partial charge in [0, 0.05) is 5.56 Å². The summed E-state index contributed by atoms with van der Waals surface area (Å²) >= 11 is 7.08. The molecule has 2 heterocycles. The summed E-state index contributed by atoms with van der Waals surface area (Å²) in [6, 6.07) is 3.35. The van der Waals surface area contributed by atoms with Crippen LogP contribution in [0.1, 0.15) is 12.0 Å². The second-order valence-corrected chi connectivity index (χ2v) is 6.18. The van der Waals surface area contributed by atoms with E-state index in [1.807, 2.05) is 0 Å². The van der Waals surface area contributed by atoms with Crippen LogP contribution in [-0.4, -0.2) is 40.4 Å². The normalized spacial score (nSPS) is 21.2. The van der Waals surface area contributed by atoms with Crippen molar-refractivity contribution < 1.29 is 24.2 Å². The average molecular weight is 356 g/mol. The van der Waals surface area contributed by atoms with Gasteiger partial charge in [0.05, 0.1) is 17.7 Å². The highest BCUT2D eigenvalue weighted by atomic mass is 35.5. The number of benzene rings is 1. The molecule has 3 rings (SSSR count). The summed E-state index contributed by atoms with van der Waals surface area (Å²) < 4.78 is 10.4. The number of nitrogens with one attached hydrogen (secondary N) is 1. The number of carbonyl (C=O) groups excluding carboxylic acids is 1. The third-order valence-corrected chi connectivity index (χ3v) is 4.29. The minimum absolute atomic E-state index is 0.117. The molecule has 0 aromatic heterocycles. The van der Waals surface area contributed by atoms with E-state index in [4.69, 9.17) is 26.2 Å². The van der Waals surface area contributed by atoms with E-state index in [0.29, 0.717) is 22.1 Å². The van der Waals surface area contributed by atoms with Crippen LogP contribution in [0.2, 0.25) is 5.02 Å². The topological polar surface area (TPSA) is 110 Å². The Morgan fingerprint density at radius 3 is 3.13 bits per heavy atom. The van der Waals surface area contributed by atoms with Gasteiger partial charge in [-0.05, 0) is 12.1 Å². The minimum atomic E-state index is -1.04. The van der Waals surface area contributed by atoms with E-state index in [2.05, 4.69) is 15.5 Å². The largest absolute Gasteiger partial charge is 0.481 e. The fraction of sp³-hybridized carbons (Fsp3) is 0.231. The van der Waals surface area contributed by atoms with E-state index < -0.39 is 17.1 Å². The number of hydrogen-bond acceptors (Lipinski definition) is 7. The number of amidine groups is 1. The first kappa shape index (κ1) is 15.6. The zero-order valence-corrected chi connectivity index (χ0v) is 13.1. The van der Waals surface area contributed by atoms with E-state index in [1.165, 1.54) is 6.21 Å². The molecule has 0 bridgehead atoms. The number of amides is 1. The maximum absolute atomic E-state index is 11.6. The Morgan fingerprint density at radius 1 is 1.52 bits per heavy atom. The lowest BCUT2D eigenvalue weighted by atomic mass is 10.2. The highest BCUT2D eigenvalue weighted by Gasteiger charge is 2.32. The smallest absolute Gasteiger partial charge is 0.305 e. The first-order valence-electron chi connectivity index (χ1n) is 6.42. The lowest BCUT2D eigenvalue weighted by molar-refractivity contribution is -0.138. The van der Waals surface area contributed by atoms with Crippen molar-refractivity contribution in [1.82, 2.24) is 5.32 Å². The van der Waals surface area contributed by atoms with Gasteiger partial charge in [-0.25, -0.2) is 0 Å². The summed E-state index contributed by atoms with van der Waals surface area (Å²) in [5.74, 6) is -0.420. The Morgan fingerprint density at radius 2 is 2.35 bits per heavy atom. The van der Waals surface area contributed by atoms with Crippen molar-refractivity contribution >= 4 is 46.6 Å². The van der Waals surface area contributed by atoms with Crippen LogP contribution in [0, 0.1) is 0 Å². The Bertz CT molecular complexity index is 737. The van der Waals surface area contributed by atoms with Crippen LogP contribution in [0.4, 0.5) is 0 Å². The molecular formula is C13H10ClN3O5S. The summed E-state index contributed by atoms with van der Waals surface area (Å²) in [6.07, 6.45) is 1.18. The second kappa shape index (κ2) is 6.47. The van der Waals surface area contributed by atoms with Gasteiger partial charge in [-0.15, -0.1) is 5.10 Å². The van der Waals surface area contributed by atoms with E-state index in [-0.39, 0.29) is 18.4 Å². The average Bonchev–Trinajstić information content (AvgIpc) is 3.06. The Labute approximate surface area is 139 Å². The summed E-state index contributed by atoms with van der Waals surface area (Å²) in [5, 5.41) is 18.9. The van der Waals surface area contributed by atoms with Crippen molar-refractivity contribution in [1.29, 1.82) is 0 Å². The number of fused-ring (bicyclic) bond motifs is 1. The number of rotatable bonds is 4. The predicted molar refractivity (Wildman–Crippen MR) is 84.4 cm³/mol. The molecule has 120 valence electrons. The molecule has 0 spiro atoms. The van der Waals surface area contributed by atoms with Crippen LogP contribution < -0.4 is 14.8 Å². The van der Waals surface area contributed by atoms with Crippen LogP contribution in [-0.2, 0) is 9.59 Å². The quantitative estimate of drug-likeness (QED) is 0.625. The molecule has 1 aromatic carbocycles. The highest BCUT2D eigenvalue weighted by molar-refractivity contribution is 8.15. The van der Waals surface area contributed by atoms with E-state index in [9.17, 15) is 9.59 Å². The van der Waals surface area contributed by atoms with Gasteiger partial charge < -0.3 is 19.9 Å². The Kier molecular flexibility index (Phi) is 4.39. The van der Waals surface area contributed by atoms with Crippen molar-refractivity contribution in [2.45, 2.75) is 11.7 Å². The maximum atomic E-state index is 11.6. The van der Waals surface area contributed by atoms with Crippen LogP contribution >= 0.6 is 23.4 Å². The third kappa shape index (κ3) is 3.57. The summed E-state index contributed by atoms with van der Waals surface area (Å²) in [6.45, 7) is 0.117. The van der Waals surface area contributed by atoms with Crippen LogP contribution in [0.15, 0.2) is 22.3 Å². The van der Waals surface area contributed by atoms with E-state index in [0.717, 1.165) is 11.8 Å². The highest BCUT2D eigenvalue weighted by Crippen LogP contribution is 2.39. The molecule has 2 aliphatic rings. The van der Waals surface area contributed by atoms with E-state index >= 15 is 0 Å². The van der Waals surface area contributed by atoms with Crippen molar-refractivity contribution in [2.75, 3.05) is 6.79 Å². The zero-order chi connectivity index (χ0) is 16.4.